The minimum Gasteiger partial charge on any atom is -0.497 e. The number of benzene rings is 1. The molecule has 2 aromatic heterocycles. The number of rotatable bonds is 8. The van der Waals surface area contributed by atoms with E-state index in [0.29, 0.717) is 29.9 Å². The van der Waals surface area contributed by atoms with E-state index < -0.39 is 12.0 Å². The van der Waals surface area contributed by atoms with Gasteiger partial charge in [-0.25, -0.2) is 9.50 Å². The Morgan fingerprint density at radius 2 is 1.85 bits per heavy atom. The van der Waals surface area contributed by atoms with Crippen molar-refractivity contribution in [3.05, 3.63) is 52.6 Å². The van der Waals surface area contributed by atoms with E-state index in [4.69, 9.17) is 4.74 Å². The number of hydrogen-bond donors (Lipinski definition) is 1. The number of amides is 1. The van der Waals surface area contributed by atoms with Gasteiger partial charge in [0.15, 0.2) is 0 Å². The van der Waals surface area contributed by atoms with Crippen molar-refractivity contribution < 1.29 is 22.7 Å². The lowest BCUT2D eigenvalue weighted by atomic mass is 10.0. The fraction of sp³-hybridized carbons (Fsp3) is 0.455. The number of likely N-dealkylation sites (N-methyl/N-ethyl adjacent to an activating group) is 1. The molecule has 1 N–H and O–H groups in total. The molecule has 0 saturated heterocycles. The standard InChI is InChI=1S/C22H27F3N6O2/c1-13-17(14(2)31-21(27-13)28-20(29-31)22(23,24)25)10-11-19(32)26-12-18(30(3)4)15-6-8-16(33-5)9-7-15/h6-9,18H,10-12H2,1-5H3,(H,26,32). The lowest BCUT2D eigenvalue weighted by Gasteiger charge is -2.25. The van der Waals surface area contributed by atoms with Crippen LogP contribution in [0.1, 0.15) is 40.8 Å². The van der Waals surface area contributed by atoms with Crippen LogP contribution < -0.4 is 10.1 Å². The number of halogens is 3. The Morgan fingerprint density at radius 1 is 1.18 bits per heavy atom. The highest BCUT2D eigenvalue weighted by molar-refractivity contribution is 5.76. The Labute approximate surface area is 189 Å². The summed E-state index contributed by atoms with van der Waals surface area (Å²) in [5, 5.41) is 6.49. The molecule has 0 saturated carbocycles. The second-order valence-electron chi connectivity index (χ2n) is 7.96. The van der Waals surface area contributed by atoms with Gasteiger partial charge in [0.1, 0.15) is 5.75 Å². The molecule has 1 atom stereocenters. The lowest BCUT2D eigenvalue weighted by Crippen LogP contribution is -2.34. The molecule has 0 radical (unpaired) electrons. The molecule has 11 heteroatoms. The summed E-state index contributed by atoms with van der Waals surface area (Å²) in [6, 6.07) is 7.62. The number of nitrogens with zero attached hydrogens (tertiary/aromatic N) is 5. The van der Waals surface area contributed by atoms with Crippen molar-refractivity contribution in [2.45, 2.75) is 38.9 Å². The highest BCUT2D eigenvalue weighted by atomic mass is 19.4. The maximum atomic E-state index is 13.0. The zero-order valence-corrected chi connectivity index (χ0v) is 19.2. The second-order valence-corrected chi connectivity index (χ2v) is 7.96. The van der Waals surface area contributed by atoms with Crippen molar-refractivity contribution in [2.24, 2.45) is 0 Å². The minimum atomic E-state index is -4.65. The van der Waals surface area contributed by atoms with Crippen molar-refractivity contribution >= 4 is 11.7 Å². The van der Waals surface area contributed by atoms with Gasteiger partial charge in [0.05, 0.1) is 13.2 Å². The molecule has 3 rings (SSSR count). The van der Waals surface area contributed by atoms with Crippen molar-refractivity contribution in [2.75, 3.05) is 27.7 Å². The third-order valence-electron chi connectivity index (χ3n) is 5.52. The Hall–Kier alpha value is -3.21. The molecule has 33 heavy (non-hydrogen) atoms. The summed E-state index contributed by atoms with van der Waals surface area (Å²) in [7, 11) is 5.47. The number of aryl methyl sites for hydroxylation is 2. The average molecular weight is 464 g/mol. The number of carbonyl (C=O) groups excluding carboxylic acids is 1. The van der Waals surface area contributed by atoms with Gasteiger partial charge < -0.3 is 15.0 Å². The quantitative estimate of drug-likeness (QED) is 0.552. The van der Waals surface area contributed by atoms with E-state index in [1.165, 1.54) is 0 Å². The first-order valence-corrected chi connectivity index (χ1v) is 10.4. The van der Waals surface area contributed by atoms with Gasteiger partial charge >= 0.3 is 6.18 Å². The third kappa shape index (κ3) is 5.59. The van der Waals surface area contributed by atoms with Gasteiger partial charge in [-0.3, -0.25) is 4.79 Å². The number of methoxy groups -OCH3 is 1. The van der Waals surface area contributed by atoms with Crippen LogP contribution in [0.3, 0.4) is 0 Å². The molecule has 3 aromatic rings. The molecular weight excluding hydrogens is 437 g/mol. The Kier molecular flexibility index (Phi) is 7.21. The molecule has 1 amide bonds. The predicted octanol–water partition coefficient (Wildman–Crippen LogP) is 3.12. The highest BCUT2D eigenvalue weighted by Gasteiger charge is 2.37. The minimum absolute atomic E-state index is 0.0303. The number of alkyl halides is 3. The molecule has 0 bridgehead atoms. The zero-order valence-electron chi connectivity index (χ0n) is 19.2. The molecule has 1 unspecified atom stereocenters. The fourth-order valence-electron chi connectivity index (χ4n) is 3.65. The fourth-order valence-corrected chi connectivity index (χ4v) is 3.65. The molecule has 0 spiro atoms. The summed E-state index contributed by atoms with van der Waals surface area (Å²) >= 11 is 0. The Bertz CT molecular complexity index is 1130. The van der Waals surface area contributed by atoms with E-state index >= 15 is 0 Å². The molecule has 0 aliphatic rings. The van der Waals surface area contributed by atoms with E-state index in [1.54, 1.807) is 21.0 Å². The van der Waals surface area contributed by atoms with E-state index in [2.05, 4.69) is 20.4 Å². The van der Waals surface area contributed by atoms with Crippen LogP contribution in [0.5, 0.6) is 5.75 Å². The van der Waals surface area contributed by atoms with Gasteiger partial charge in [0, 0.05) is 24.4 Å². The van der Waals surface area contributed by atoms with Crippen molar-refractivity contribution in [1.29, 1.82) is 0 Å². The average Bonchev–Trinajstić information content (AvgIpc) is 3.18. The summed E-state index contributed by atoms with van der Waals surface area (Å²) in [5.74, 6) is -0.755. The van der Waals surface area contributed by atoms with E-state index in [-0.39, 0.29) is 24.1 Å². The molecule has 178 valence electrons. The summed E-state index contributed by atoms with van der Waals surface area (Å²) in [5.41, 5.74) is 2.72. The van der Waals surface area contributed by atoms with Crippen molar-refractivity contribution in [1.82, 2.24) is 29.8 Å². The molecule has 2 heterocycles. The number of aromatic nitrogens is 4. The molecule has 0 fully saturated rings. The molecule has 1 aromatic carbocycles. The summed E-state index contributed by atoms with van der Waals surface area (Å²) in [4.78, 5) is 22.2. The third-order valence-corrected chi connectivity index (χ3v) is 5.52. The lowest BCUT2D eigenvalue weighted by molar-refractivity contribution is -0.144. The topological polar surface area (TPSA) is 84.6 Å². The Balaban J connectivity index is 1.67. The van der Waals surface area contributed by atoms with Crippen LogP contribution in [0.15, 0.2) is 24.3 Å². The largest absolute Gasteiger partial charge is 0.497 e. The number of ether oxygens (including phenoxy) is 1. The van der Waals surface area contributed by atoms with Crippen LogP contribution in [0.4, 0.5) is 13.2 Å². The first-order valence-electron chi connectivity index (χ1n) is 10.4. The van der Waals surface area contributed by atoms with Gasteiger partial charge in [-0.2, -0.15) is 18.2 Å². The normalized spacial score (nSPS) is 12.9. The molecule has 0 aliphatic heterocycles. The summed E-state index contributed by atoms with van der Waals surface area (Å²) < 4.78 is 45.1. The van der Waals surface area contributed by atoms with Crippen LogP contribution in [-0.4, -0.2) is 58.1 Å². The number of fused-ring (bicyclic) bond motifs is 1. The maximum Gasteiger partial charge on any atom is 0.453 e. The van der Waals surface area contributed by atoms with Crippen LogP contribution in [-0.2, 0) is 17.4 Å². The van der Waals surface area contributed by atoms with Gasteiger partial charge in [-0.1, -0.05) is 12.1 Å². The molecule has 0 aliphatic carbocycles. The number of carbonyl (C=O) groups is 1. The van der Waals surface area contributed by atoms with Gasteiger partial charge in [-0.15, -0.1) is 5.10 Å². The maximum absolute atomic E-state index is 13.0. The highest BCUT2D eigenvalue weighted by Crippen LogP contribution is 2.27. The summed E-state index contributed by atoms with van der Waals surface area (Å²) in [6.45, 7) is 3.74. The van der Waals surface area contributed by atoms with Crippen LogP contribution >= 0.6 is 0 Å². The van der Waals surface area contributed by atoms with Crippen molar-refractivity contribution in [3.63, 3.8) is 0 Å². The van der Waals surface area contributed by atoms with Gasteiger partial charge in [-0.05, 0) is 57.6 Å². The van der Waals surface area contributed by atoms with E-state index in [0.717, 1.165) is 15.8 Å². The van der Waals surface area contributed by atoms with Gasteiger partial charge in [0.2, 0.25) is 5.91 Å². The van der Waals surface area contributed by atoms with Crippen LogP contribution in [0, 0.1) is 13.8 Å². The second kappa shape index (κ2) is 9.74. The zero-order chi connectivity index (χ0) is 24.3. The van der Waals surface area contributed by atoms with E-state index in [1.807, 2.05) is 43.3 Å². The van der Waals surface area contributed by atoms with Crippen LogP contribution in [0.25, 0.3) is 5.78 Å². The van der Waals surface area contributed by atoms with Crippen molar-refractivity contribution in [3.8, 4) is 5.75 Å². The SMILES string of the molecule is COc1ccc(C(CNC(=O)CCc2c(C)nc3nc(C(F)(F)F)nn3c2C)N(C)C)cc1. The first kappa shape index (κ1) is 24.4. The Morgan fingerprint density at radius 3 is 2.42 bits per heavy atom. The predicted molar refractivity (Wildman–Crippen MR) is 116 cm³/mol. The monoisotopic (exact) mass is 464 g/mol. The van der Waals surface area contributed by atoms with E-state index in [9.17, 15) is 18.0 Å². The first-order chi connectivity index (χ1) is 15.5. The number of nitrogens with one attached hydrogen (secondary N) is 1. The van der Waals surface area contributed by atoms with Crippen LogP contribution in [0.2, 0.25) is 0 Å². The number of hydrogen-bond acceptors (Lipinski definition) is 6. The summed E-state index contributed by atoms with van der Waals surface area (Å²) in [6.07, 6.45) is -4.16. The smallest absolute Gasteiger partial charge is 0.453 e. The molecular formula is C22H27F3N6O2. The van der Waals surface area contributed by atoms with Gasteiger partial charge in [0.25, 0.3) is 11.6 Å². The molecule has 8 nitrogen and oxygen atoms in total.